The van der Waals surface area contributed by atoms with Gasteiger partial charge in [0.15, 0.2) is 0 Å². The van der Waals surface area contributed by atoms with Crippen LogP contribution in [0.15, 0.2) is 54.2 Å². The minimum atomic E-state index is -0.564. The number of amides is 3. The number of hydrogen-bond donors (Lipinski definition) is 1. The molecular weight excluding hydrogens is 347 g/mol. The van der Waals surface area contributed by atoms with Crippen LogP contribution >= 0.6 is 0 Å². The second-order valence-corrected chi connectivity index (χ2v) is 6.38. The number of rotatable bonds is 6. The molecule has 6 heteroatoms. The van der Waals surface area contributed by atoms with Gasteiger partial charge in [0.1, 0.15) is 17.3 Å². The van der Waals surface area contributed by atoms with E-state index in [0.717, 1.165) is 22.6 Å². The Labute approximate surface area is 157 Å². The van der Waals surface area contributed by atoms with Crippen molar-refractivity contribution in [3.8, 4) is 5.75 Å². The predicted molar refractivity (Wildman–Crippen MR) is 100 cm³/mol. The Bertz CT molecular complexity index is 877. The average molecular weight is 368 g/mol. The Morgan fingerprint density at radius 2 is 1.85 bits per heavy atom. The van der Waals surface area contributed by atoms with Gasteiger partial charge in [-0.15, -0.1) is 0 Å². The van der Waals surface area contributed by atoms with Gasteiger partial charge in [0, 0.05) is 5.56 Å². The highest BCUT2D eigenvalue weighted by Crippen LogP contribution is 2.20. The normalized spacial score (nSPS) is 16.6. The number of halogens is 1. The maximum Gasteiger partial charge on any atom is 0.329 e. The Morgan fingerprint density at radius 1 is 1.15 bits per heavy atom. The van der Waals surface area contributed by atoms with E-state index in [1.54, 1.807) is 24.3 Å². The van der Waals surface area contributed by atoms with Gasteiger partial charge < -0.3 is 10.1 Å². The third-order valence-electron chi connectivity index (χ3n) is 4.35. The van der Waals surface area contributed by atoms with Gasteiger partial charge in [-0.3, -0.25) is 9.69 Å². The lowest BCUT2D eigenvalue weighted by Gasteiger charge is -2.12. The van der Waals surface area contributed by atoms with Crippen molar-refractivity contribution in [3.05, 3.63) is 71.2 Å². The van der Waals surface area contributed by atoms with Gasteiger partial charge in [0.25, 0.3) is 5.91 Å². The Hall–Kier alpha value is -3.15. The van der Waals surface area contributed by atoms with Crippen LogP contribution in [0.25, 0.3) is 6.08 Å². The first kappa shape index (κ1) is 18.6. The molecule has 2 aromatic carbocycles. The molecule has 0 spiro atoms. The van der Waals surface area contributed by atoms with E-state index in [-0.39, 0.29) is 23.9 Å². The predicted octanol–water partition coefficient (Wildman–Crippen LogP) is 4.10. The number of hydrogen-bond acceptors (Lipinski definition) is 3. The second-order valence-electron chi connectivity index (χ2n) is 6.38. The Balaban J connectivity index is 1.73. The van der Waals surface area contributed by atoms with Crippen LogP contribution < -0.4 is 10.1 Å². The van der Waals surface area contributed by atoms with Crippen LogP contribution in [0.2, 0.25) is 0 Å². The molecule has 1 aliphatic heterocycles. The van der Waals surface area contributed by atoms with Gasteiger partial charge in [-0.2, -0.15) is 0 Å². The fourth-order valence-electron chi connectivity index (χ4n) is 2.64. The number of nitrogens with one attached hydrogen (secondary N) is 1. The quantitative estimate of drug-likeness (QED) is 0.617. The second kappa shape index (κ2) is 8.03. The highest BCUT2D eigenvalue weighted by molar-refractivity contribution is 6.13. The largest absolute Gasteiger partial charge is 0.491 e. The summed E-state index contributed by atoms with van der Waals surface area (Å²) < 4.78 is 19.5. The van der Waals surface area contributed by atoms with Gasteiger partial charge in [-0.25, -0.2) is 9.18 Å². The zero-order valence-electron chi connectivity index (χ0n) is 15.2. The van der Waals surface area contributed by atoms with E-state index in [4.69, 9.17) is 4.74 Å². The first-order chi connectivity index (χ1) is 13.0. The molecule has 5 nitrogen and oxygen atoms in total. The molecule has 0 bridgehead atoms. The van der Waals surface area contributed by atoms with Gasteiger partial charge >= 0.3 is 6.03 Å². The summed E-state index contributed by atoms with van der Waals surface area (Å²) in [6, 6.07) is 12.8. The summed E-state index contributed by atoms with van der Waals surface area (Å²) in [5, 5.41) is 2.54. The van der Waals surface area contributed by atoms with Crippen LogP contribution in [-0.2, 0) is 11.3 Å². The molecular formula is C21H21FN2O3. The molecule has 0 aliphatic carbocycles. The topological polar surface area (TPSA) is 58.6 Å². The van der Waals surface area contributed by atoms with Crippen LogP contribution in [0.4, 0.5) is 9.18 Å². The number of ether oxygens (including phenoxy) is 1. The van der Waals surface area contributed by atoms with Crippen molar-refractivity contribution >= 4 is 18.0 Å². The molecule has 1 fully saturated rings. The maximum absolute atomic E-state index is 13.8. The Kier molecular flexibility index (Phi) is 5.54. The molecule has 3 amide bonds. The summed E-state index contributed by atoms with van der Waals surface area (Å²) in [7, 11) is 0. The average Bonchev–Trinajstić information content (AvgIpc) is 2.92. The summed E-state index contributed by atoms with van der Waals surface area (Å²) in [6.07, 6.45) is 2.62. The third kappa shape index (κ3) is 4.34. The van der Waals surface area contributed by atoms with Gasteiger partial charge in [-0.1, -0.05) is 37.3 Å². The van der Waals surface area contributed by atoms with Crippen LogP contribution in [0.1, 0.15) is 31.4 Å². The number of carbonyl (C=O) groups excluding carboxylic acids is 2. The summed E-state index contributed by atoms with van der Waals surface area (Å²) >= 11 is 0. The fraction of sp³-hybridized carbons (Fsp3) is 0.238. The summed E-state index contributed by atoms with van der Waals surface area (Å²) in [5.41, 5.74) is 1.20. The molecule has 140 valence electrons. The zero-order chi connectivity index (χ0) is 19.4. The lowest BCUT2D eigenvalue weighted by Crippen LogP contribution is -2.30. The highest BCUT2D eigenvalue weighted by Gasteiger charge is 2.33. The zero-order valence-corrected chi connectivity index (χ0v) is 15.2. The van der Waals surface area contributed by atoms with E-state index in [0.29, 0.717) is 0 Å². The summed E-state index contributed by atoms with van der Waals surface area (Å²) in [6.45, 7) is 3.92. The number of urea groups is 1. The molecule has 0 aromatic heterocycles. The number of benzene rings is 2. The summed E-state index contributed by atoms with van der Waals surface area (Å²) in [4.78, 5) is 25.6. The van der Waals surface area contributed by atoms with Crippen molar-refractivity contribution in [1.29, 1.82) is 0 Å². The summed E-state index contributed by atoms with van der Waals surface area (Å²) in [5.74, 6) is -0.190. The maximum atomic E-state index is 13.8. The van der Waals surface area contributed by atoms with Gasteiger partial charge in [0.2, 0.25) is 0 Å². The molecule has 0 radical (unpaired) electrons. The molecule has 1 saturated heterocycles. The third-order valence-corrected chi connectivity index (χ3v) is 4.35. The van der Waals surface area contributed by atoms with Crippen LogP contribution in [-0.4, -0.2) is 22.9 Å². The van der Waals surface area contributed by atoms with Crippen molar-refractivity contribution in [2.45, 2.75) is 32.9 Å². The van der Waals surface area contributed by atoms with E-state index < -0.39 is 17.8 Å². The Morgan fingerprint density at radius 3 is 2.52 bits per heavy atom. The molecule has 27 heavy (non-hydrogen) atoms. The van der Waals surface area contributed by atoms with Gasteiger partial charge in [-0.05, 0) is 43.2 Å². The van der Waals surface area contributed by atoms with E-state index in [1.165, 1.54) is 6.07 Å². The lowest BCUT2D eigenvalue weighted by atomic mass is 10.1. The standard InChI is InChI=1S/C21H21FN2O3/c1-3-14(2)27-17-10-8-15(9-11-17)12-19-20(25)24(21(26)23-19)13-16-6-4-5-7-18(16)22/h4-12,14H,3,13H2,1-2H3,(H,23,26)/b19-12-/t14-/m0/s1. The van der Waals surface area contributed by atoms with E-state index in [2.05, 4.69) is 5.32 Å². The van der Waals surface area contributed by atoms with Crippen molar-refractivity contribution < 1.29 is 18.7 Å². The number of nitrogens with zero attached hydrogens (tertiary/aromatic N) is 1. The van der Waals surface area contributed by atoms with Crippen molar-refractivity contribution in [2.75, 3.05) is 0 Å². The molecule has 1 aliphatic rings. The van der Waals surface area contributed by atoms with Gasteiger partial charge in [0.05, 0.1) is 12.6 Å². The molecule has 1 atom stereocenters. The first-order valence-corrected chi connectivity index (χ1v) is 8.82. The fourth-order valence-corrected chi connectivity index (χ4v) is 2.64. The molecule has 1 heterocycles. The van der Waals surface area contributed by atoms with Crippen molar-refractivity contribution in [3.63, 3.8) is 0 Å². The van der Waals surface area contributed by atoms with Crippen LogP contribution in [0.5, 0.6) is 5.75 Å². The van der Waals surface area contributed by atoms with Crippen molar-refractivity contribution in [2.24, 2.45) is 0 Å². The van der Waals surface area contributed by atoms with Crippen molar-refractivity contribution in [1.82, 2.24) is 10.2 Å². The minimum absolute atomic E-state index is 0.115. The SMILES string of the molecule is CC[C@H](C)Oc1ccc(/C=C2\NC(=O)N(Cc3ccccc3F)C2=O)cc1. The lowest BCUT2D eigenvalue weighted by molar-refractivity contribution is -0.123. The smallest absolute Gasteiger partial charge is 0.329 e. The molecule has 0 unspecified atom stereocenters. The van der Waals surface area contributed by atoms with E-state index in [9.17, 15) is 14.0 Å². The van der Waals surface area contributed by atoms with E-state index >= 15 is 0 Å². The monoisotopic (exact) mass is 368 g/mol. The van der Waals surface area contributed by atoms with E-state index in [1.807, 2.05) is 38.1 Å². The molecule has 2 aromatic rings. The molecule has 3 rings (SSSR count). The number of carbonyl (C=O) groups is 2. The molecule has 0 saturated carbocycles. The number of imide groups is 1. The van der Waals surface area contributed by atoms with Crippen LogP contribution in [0.3, 0.4) is 0 Å². The molecule has 1 N–H and O–H groups in total. The first-order valence-electron chi connectivity index (χ1n) is 8.82. The van der Waals surface area contributed by atoms with Crippen LogP contribution in [0, 0.1) is 5.82 Å². The highest BCUT2D eigenvalue weighted by atomic mass is 19.1. The minimum Gasteiger partial charge on any atom is -0.491 e.